The van der Waals surface area contributed by atoms with Crippen molar-refractivity contribution in [3.63, 3.8) is 0 Å². The third-order valence-electron chi connectivity index (χ3n) is 4.33. The zero-order chi connectivity index (χ0) is 15.6. The fourth-order valence-electron chi connectivity index (χ4n) is 2.77. The molecule has 6 heteroatoms. The van der Waals surface area contributed by atoms with Crippen molar-refractivity contribution in [3.8, 4) is 0 Å². The summed E-state index contributed by atoms with van der Waals surface area (Å²) >= 11 is 6.10. The van der Waals surface area contributed by atoms with Gasteiger partial charge in [-0.15, -0.1) is 0 Å². The molecule has 2 rings (SSSR count). The van der Waals surface area contributed by atoms with Gasteiger partial charge in [0.1, 0.15) is 0 Å². The molecule has 0 spiro atoms. The first-order valence-electron chi connectivity index (χ1n) is 7.76. The second-order valence-corrected chi connectivity index (χ2v) is 7.01. The first-order chi connectivity index (χ1) is 9.85. The fourth-order valence-corrected chi connectivity index (χ4v) is 2.92. The number of hydrogen-bond acceptors (Lipinski definition) is 5. The molecular formula is C15H26ClN5. The zero-order valence-electron chi connectivity index (χ0n) is 13.7. The van der Waals surface area contributed by atoms with Crippen LogP contribution in [0.1, 0.15) is 41.0 Å². The smallest absolute Gasteiger partial charge is 0.231 e. The zero-order valence-corrected chi connectivity index (χ0v) is 14.5. The van der Waals surface area contributed by atoms with E-state index < -0.39 is 0 Å². The van der Waals surface area contributed by atoms with Gasteiger partial charge in [-0.2, -0.15) is 15.0 Å². The van der Waals surface area contributed by atoms with Crippen LogP contribution in [0.15, 0.2) is 0 Å². The Kier molecular flexibility index (Phi) is 4.91. The topological polar surface area (TPSA) is 45.2 Å². The Labute approximate surface area is 132 Å². The van der Waals surface area contributed by atoms with E-state index in [4.69, 9.17) is 11.6 Å². The molecule has 118 valence electrons. The molecular weight excluding hydrogens is 286 g/mol. The predicted molar refractivity (Wildman–Crippen MR) is 88.2 cm³/mol. The summed E-state index contributed by atoms with van der Waals surface area (Å²) < 4.78 is 0. The van der Waals surface area contributed by atoms with Crippen LogP contribution in [0.4, 0.5) is 11.9 Å². The largest absolute Gasteiger partial charge is 0.341 e. The first kappa shape index (κ1) is 16.3. The summed E-state index contributed by atoms with van der Waals surface area (Å²) in [5.41, 5.74) is 0.313. The van der Waals surface area contributed by atoms with Crippen molar-refractivity contribution in [1.29, 1.82) is 0 Å². The maximum Gasteiger partial charge on any atom is 0.231 e. The lowest BCUT2D eigenvalue weighted by Crippen LogP contribution is -2.29. The minimum absolute atomic E-state index is 0.279. The number of hydrogen-bond donors (Lipinski definition) is 0. The molecule has 1 saturated heterocycles. The second-order valence-electron chi connectivity index (χ2n) is 6.67. The van der Waals surface area contributed by atoms with Gasteiger partial charge in [0.05, 0.1) is 0 Å². The Morgan fingerprint density at radius 1 is 1.19 bits per heavy atom. The minimum Gasteiger partial charge on any atom is -0.341 e. The molecule has 0 aliphatic carbocycles. The van der Waals surface area contributed by atoms with Gasteiger partial charge in [0.2, 0.25) is 17.2 Å². The third-order valence-corrected chi connectivity index (χ3v) is 4.50. The molecule has 21 heavy (non-hydrogen) atoms. The van der Waals surface area contributed by atoms with Crippen LogP contribution in [0, 0.1) is 11.3 Å². The summed E-state index contributed by atoms with van der Waals surface area (Å²) in [7, 11) is 0. The summed E-state index contributed by atoms with van der Waals surface area (Å²) in [4.78, 5) is 17.5. The van der Waals surface area contributed by atoms with E-state index in [0.29, 0.717) is 23.2 Å². The van der Waals surface area contributed by atoms with Crippen molar-refractivity contribution in [1.82, 2.24) is 15.0 Å². The number of rotatable bonds is 4. The van der Waals surface area contributed by atoms with Gasteiger partial charge >= 0.3 is 0 Å². The van der Waals surface area contributed by atoms with E-state index in [1.165, 1.54) is 6.42 Å². The average molecular weight is 312 g/mol. The highest BCUT2D eigenvalue weighted by atomic mass is 35.5. The van der Waals surface area contributed by atoms with E-state index in [-0.39, 0.29) is 5.28 Å². The van der Waals surface area contributed by atoms with Gasteiger partial charge in [-0.3, -0.25) is 0 Å². The van der Waals surface area contributed by atoms with Crippen molar-refractivity contribution in [2.75, 3.05) is 36.0 Å². The number of anilines is 2. The van der Waals surface area contributed by atoms with Crippen molar-refractivity contribution in [3.05, 3.63) is 5.28 Å². The van der Waals surface area contributed by atoms with Gasteiger partial charge in [-0.05, 0) is 43.2 Å². The van der Waals surface area contributed by atoms with Gasteiger partial charge in [-0.1, -0.05) is 20.8 Å². The van der Waals surface area contributed by atoms with Crippen molar-refractivity contribution in [2.45, 2.75) is 41.0 Å². The summed E-state index contributed by atoms with van der Waals surface area (Å²) in [6.07, 6.45) is 1.17. The Balaban J connectivity index is 2.21. The van der Waals surface area contributed by atoms with Gasteiger partial charge in [0, 0.05) is 26.2 Å². The molecule has 1 aromatic heterocycles. The first-order valence-corrected chi connectivity index (χ1v) is 8.14. The second kappa shape index (κ2) is 6.34. The number of halogens is 1. The van der Waals surface area contributed by atoms with Crippen LogP contribution < -0.4 is 9.80 Å². The highest BCUT2D eigenvalue weighted by Gasteiger charge is 2.33. The maximum atomic E-state index is 6.10. The monoisotopic (exact) mass is 311 g/mol. The van der Waals surface area contributed by atoms with Crippen LogP contribution in [-0.2, 0) is 0 Å². The molecule has 1 aromatic rings. The fraction of sp³-hybridized carbons (Fsp3) is 0.800. The van der Waals surface area contributed by atoms with E-state index >= 15 is 0 Å². The molecule has 2 heterocycles. The molecule has 1 unspecified atom stereocenters. The van der Waals surface area contributed by atoms with E-state index in [9.17, 15) is 0 Å². The SMILES string of the molecule is CCN(CC)c1nc(Cl)nc(N2CCC(C(C)(C)C)C2)n1. The quantitative estimate of drug-likeness (QED) is 0.854. The maximum absolute atomic E-state index is 6.10. The molecule has 0 radical (unpaired) electrons. The van der Waals surface area contributed by atoms with E-state index in [1.807, 2.05) is 0 Å². The molecule has 1 aliphatic heterocycles. The Hall–Kier alpha value is -1.10. The molecule has 5 nitrogen and oxygen atoms in total. The highest BCUT2D eigenvalue weighted by molar-refractivity contribution is 6.28. The molecule has 0 N–H and O–H groups in total. The van der Waals surface area contributed by atoms with Crippen molar-refractivity contribution >= 4 is 23.5 Å². The van der Waals surface area contributed by atoms with Gasteiger partial charge < -0.3 is 9.80 Å². The van der Waals surface area contributed by atoms with Crippen molar-refractivity contribution < 1.29 is 0 Å². The summed E-state index contributed by atoms with van der Waals surface area (Å²) in [6, 6.07) is 0. The summed E-state index contributed by atoms with van der Waals surface area (Å²) in [6.45, 7) is 14.8. The van der Waals surface area contributed by atoms with Crippen molar-refractivity contribution in [2.24, 2.45) is 11.3 Å². The lowest BCUT2D eigenvalue weighted by Gasteiger charge is -2.27. The Morgan fingerprint density at radius 3 is 2.38 bits per heavy atom. The third kappa shape index (κ3) is 3.76. The molecule has 0 saturated carbocycles. The van der Waals surface area contributed by atoms with Gasteiger partial charge in [0.25, 0.3) is 0 Å². The predicted octanol–water partition coefficient (Wildman–Crippen LogP) is 3.24. The van der Waals surface area contributed by atoms with Crippen LogP contribution in [-0.4, -0.2) is 41.1 Å². The lowest BCUT2D eigenvalue weighted by atomic mass is 9.80. The molecule has 0 amide bonds. The highest BCUT2D eigenvalue weighted by Crippen LogP contribution is 2.35. The molecule has 1 aliphatic rings. The van der Waals surface area contributed by atoms with Gasteiger partial charge in [0.15, 0.2) is 0 Å². The van der Waals surface area contributed by atoms with Crippen LogP contribution >= 0.6 is 11.6 Å². The molecule has 1 fully saturated rings. The van der Waals surface area contributed by atoms with Crippen LogP contribution in [0.2, 0.25) is 5.28 Å². The summed E-state index contributed by atoms with van der Waals surface area (Å²) in [5, 5.41) is 0.279. The van der Waals surface area contributed by atoms with Crippen LogP contribution in [0.5, 0.6) is 0 Å². The average Bonchev–Trinajstić information content (AvgIpc) is 2.89. The standard InChI is InChI=1S/C15H26ClN5/c1-6-20(7-2)13-17-12(16)18-14(19-13)21-9-8-11(10-21)15(3,4)5/h11H,6-10H2,1-5H3. The molecule has 0 bridgehead atoms. The normalized spacial score (nSPS) is 19.1. The summed E-state index contributed by atoms with van der Waals surface area (Å²) in [5.74, 6) is 2.04. The van der Waals surface area contributed by atoms with E-state index in [1.54, 1.807) is 0 Å². The molecule has 0 aromatic carbocycles. The van der Waals surface area contributed by atoms with Crippen LogP contribution in [0.3, 0.4) is 0 Å². The minimum atomic E-state index is 0.279. The molecule has 1 atom stereocenters. The van der Waals surface area contributed by atoms with E-state index in [0.717, 1.165) is 26.2 Å². The van der Waals surface area contributed by atoms with E-state index in [2.05, 4.69) is 59.4 Å². The number of nitrogens with zero attached hydrogens (tertiary/aromatic N) is 5. The van der Waals surface area contributed by atoms with Gasteiger partial charge in [-0.25, -0.2) is 0 Å². The lowest BCUT2D eigenvalue weighted by molar-refractivity contribution is 0.263. The Bertz CT molecular complexity index is 481. The number of aromatic nitrogens is 3. The van der Waals surface area contributed by atoms with Crippen LogP contribution in [0.25, 0.3) is 0 Å². The Morgan fingerprint density at radius 2 is 1.86 bits per heavy atom.